The summed E-state index contributed by atoms with van der Waals surface area (Å²) in [6, 6.07) is 5.52. The lowest BCUT2D eigenvalue weighted by atomic mass is 10.1. The number of hydrogen-bond acceptors (Lipinski definition) is 4. The Morgan fingerprint density at radius 2 is 2.00 bits per heavy atom. The Morgan fingerprint density at radius 3 is 2.67 bits per heavy atom. The molecule has 0 aromatic heterocycles. The second-order valence-electron chi connectivity index (χ2n) is 7.50. The van der Waals surface area contributed by atoms with Gasteiger partial charge in [0.2, 0.25) is 11.8 Å². The number of amides is 2. The lowest BCUT2D eigenvalue weighted by Crippen LogP contribution is -2.43. The monoisotopic (exact) mass is 376 g/mol. The maximum atomic E-state index is 12.3. The summed E-state index contributed by atoms with van der Waals surface area (Å²) in [5.74, 6) is 1.86. The van der Waals surface area contributed by atoms with Crippen LogP contribution in [-0.4, -0.2) is 43.5 Å². The first kappa shape index (κ1) is 21.1. The fourth-order valence-corrected chi connectivity index (χ4v) is 3.05. The van der Waals surface area contributed by atoms with Crippen molar-refractivity contribution in [2.75, 3.05) is 26.8 Å². The van der Waals surface area contributed by atoms with Gasteiger partial charge >= 0.3 is 0 Å². The maximum absolute atomic E-state index is 12.3. The van der Waals surface area contributed by atoms with Crippen molar-refractivity contribution in [2.24, 2.45) is 5.92 Å². The van der Waals surface area contributed by atoms with E-state index in [0.29, 0.717) is 37.0 Å². The lowest BCUT2D eigenvalue weighted by molar-refractivity contribution is -0.138. The Balaban J connectivity index is 1.93. The smallest absolute Gasteiger partial charge is 0.240 e. The molecule has 0 radical (unpaired) electrons. The van der Waals surface area contributed by atoms with Gasteiger partial charge in [0.1, 0.15) is 0 Å². The number of hydrogen-bond donors (Lipinski definition) is 1. The summed E-state index contributed by atoms with van der Waals surface area (Å²) in [5.41, 5.74) is 0.932. The van der Waals surface area contributed by atoms with E-state index in [-0.39, 0.29) is 24.4 Å². The van der Waals surface area contributed by atoms with Crippen LogP contribution in [0.25, 0.3) is 0 Å². The van der Waals surface area contributed by atoms with Crippen LogP contribution in [0.5, 0.6) is 11.5 Å². The molecule has 6 nitrogen and oxygen atoms in total. The number of methoxy groups -OCH3 is 1. The zero-order valence-corrected chi connectivity index (χ0v) is 16.9. The lowest BCUT2D eigenvalue weighted by Gasteiger charge is -2.26. The van der Waals surface area contributed by atoms with Crippen LogP contribution in [0.4, 0.5) is 0 Å². The fourth-order valence-electron chi connectivity index (χ4n) is 3.05. The highest BCUT2D eigenvalue weighted by Gasteiger charge is 2.21. The Bertz CT molecular complexity index is 645. The Hall–Kier alpha value is -2.24. The van der Waals surface area contributed by atoms with Gasteiger partial charge in [-0.25, -0.2) is 0 Å². The quantitative estimate of drug-likeness (QED) is 0.718. The van der Waals surface area contributed by atoms with E-state index in [1.165, 1.54) is 0 Å². The first-order valence-corrected chi connectivity index (χ1v) is 9.78. The summed E-state index contributed by atoms with van der Waals surface area (Å²) in [7, 11) is 1.61. The maximum Gasteiger partial charge on any atom is 0.240 e. The third-order valence-electron chi connectivity index (χ3n) is 4.77. The van der Waals surface area contributed by atoms with Gasteiger partial charge in [0.05, 0.1) is 26.3 Å². The first-order valence-electron chi connectivity index (χ1n) is 9.78. The van der Waals surface area contributed by atoms with E-state index < -0.39 is 0 Å². The summed E-state index contributed by atoms with van der Waals surface area (Å²) in [6.07, 6.45) is 3.40. The van der Waals surface area contributed by atoms with Gasteiger partial charge in [-0.1, -0.05) is 19.9 Å². The molecule has 0 bridgehead atoms. The predicted octanol–water partition coefficient (Wildman–Crippen LogP) is 3.31. The van der Waals surface area contributed by atoms with Crippen LogP contribution in [0.2, 0.25) is 0 Å². The van der Waals surface area contributed by atoms with E-state index in [9.17, 15) is 9.59 Å². The van der Waals surface area contributed by atoms with Crippen LogP contribution in [0.15, 0.2) is 18.2 Å². The minimum Gasteiger partial charge on any atom is -0.493 e. The van der Waals surface area contributed by atoms with Gasteiger partial charge in [0, 0.05) is 13.0 Å². The van der Waals surface area contributed by atoms with E-state index in [0.717, 1.165) is 24.8 Å². The summed E-state index contributed by atoms with van der Waals surface area (Å²) in [6.45, 7) is 7.66. The molecule has 1 unspecified atom stereocenters. The highest BCUT2D eigenvalue weighted by Crippen LogP contribution is 2.30. The van der Waals surface area contributed by atoms with E-state index in [1.807, 2.05) is 25.1 Å². The van der Waals surface area contributed by atoms with Crippen LogP contribution < -0.4 is 14.8 Å². The number of nitrogens with zero attached hydrogens (tertiary/aromatic N) is 1. The molecule has 0 spiro atoms. The molecule has 1 aliphatic heterocycles. The van der Waals surface area contributed by atoms with Gasteiger partial charge in [-0.15, -0.1) is 0 Å². The van der Waals surface area contributed by atoms with Crippen LogP contribution in [-0.2, 0) is 9.59 Å². The average molecular weight is 376 g/mol. The van der Waals surface area contributed by atoms with Gasteiger partial charge < -0.3 is 19.7 Å². The molecule has 1 aromatic rings. The van der Waals surface area contributed by atoms with E-state index in [1.54, 1.807) is 12.0 Å². The van der Waals surface area contributed by atoms with Gasteiger partial charge in [-0.2, -0.15) is 0 Å². The molecule has 1 heterocycles. The number of likely N-dealkylation sites (tertiary alicyclic amines) is 1. The van der Waals surface area contributed by atoms with Crippen LogP contribution in [0.1, 0.15) is 58.1 Å². The number of carbonyl (C=O) groups is 2. The molecule has 1 saturated heterocycles. The molecular formula is C21H32N2O4. The van der Waals surface area contributed by atoms with Gasteiger partial charge in [-0.05, 0) is 49.8 Å². The largest absolute Gasteiger partial charge is 0.493 e. The van der Waals surface area contributed by atoms with Crippen molar-refractivity contribution in [3.63, 3.8) is 0 Å². The third kappa shape index (κ3) is 6.45. The van der Waals surface area contributed by atoms with Crippen LogP contribution >= 0.6 is 0 Å². The normalized spacial score (nSPS) is 15.6. The number of carbonyl (C=O) groups excluding carboxylic acids is 2. The van der Waals surface area contributed by atoms with Crippen molar-refractivity contribution in [1.29, 1.82) is 0 Å². The molecule has 6 heteroatoms. The standard InChI is InChI=1S/C21H32N2O4/c1-15(2)10-12-27-18-9-8-17(13-19(18)26-4)16(3)22-20(24)14-23-11-6-5-7-21(23)25/h8-9,13,15-16H,5-7,10-12,14H2,1-4H3,(H,22,24). The fraction of sp³-hybridized carbons (Fsp3) is 0.619. The van der Waals surface area contributed by atoms with E-state index in [2.05, 4.69) is 19.2 Å². The molecule has 2 rings (SSSR count). The highest BCUT2D eigenvalue weighted by molar-refractivity contribution is 5.85. The molecule has 1 aromatic carbocycles. The number of piperidine rings is 1. The van der Waals surface area contributed by atoms with Crippen molar-refractivity contribution < 1.29 is 19.1 Å². The SMILES string of the molecule is COc1cc(C(C)NC(=O)CN2CCCCC2=O)ccc1OCCC(C)C. The first-order chi connectivity index (χ1) is 12.9. The Morgan fingerprint density at radius 1 is 1.22 bits per heavy atom. The van der Waals surface area contributed by atoms with Crippen molar-refractivity contribution in [1.82, 2.24) is 10.2 Å². The molecule has 0 aliphatic carbocycles. The zero-order valence-electron chi connectivity index (χ0n) is 16.9. The van der Waals surface area contributed by atoms with Gasteiger partial charge in [-0.3, -0.25) is 9.59 Å². The van der Waals surface area contributed by atoms with E-state index >= 15 is 0 Å². The van der Waals surface area contributed by atoms with Crippen LogP contribution in [0.3, 0.4) is 0 Å². The molecule has 1 N–H and O–H groups in total. The minimum absolute atomic E-state index is 0.0635. The van der Waals surface area contributed by atoms with Crippen molar-refractivity contribution in [2.45, 2.75) is 52.5 Å². The van der Waals surface area contributed by atoms with Crippen molar-refractivity contribution in [3.8, 4) is 11.5 Å². The third-order valence-corrected chi connectivity index (χ3v) is 4.77. The van der Waals surface area contributed by atoms with Crippen molar-refractivity contribution in [3.05, 3.63) is 23.8 Å². The molecular weight excluding hydrogens is 344 g/mol. The van der Waals surface area contributed by atoms with Crippen molar-refractivity contribution >= 4 is 11.8 Å². The van der Waals surface area contributed by atoms with Crippen LogP contribution in [0, 0.1) is 5.92 Å². The molecule has 27 heavy (non-hydrogen) atoms. The average Bonchev–Trinajstić information content (AvgIpc) is 2.63. The highest BCUT2D eigenvalue weighted by atomic mass is 16.5. The molecule has 2 amide bonds. The number of rotatable bonds is 9. The summed E-state index contributed by atoms with van der Waals surface area (Å²) in [5, 5.41) is 2.96. The van der Waals surface area contributed by atoms with E-state index in [4.69, 9.17) is 9.47 Å². The molecule has 1 aliphatic rings. The van der Waals surface area contributed by atoms with Gasteiger partial charge in [0.15, 0.2) is 11.5 Å². The summed E-state index contributed by atoms with van der Waals surface area (Å²) >= 11 is 0. The molecule has 0 saturated carbocycles. The topological polar surface area (TPSA) is 67.9 Å². The number of ether oxygens (including phenoxy) is 2. The van der Waals surface area contributed by atoms with Gasteiger partial charge in [0.25, 0.3) is 0 Å². The Kier molecular flexibility index (Phi) is 7.95. The Labute approximate surface area is 162 Å². The summed E-state index contributed by atoms with van der Waals surface area (Å²) in [4.78, 5) is 25.8. The minimum atomic E-state index is -0.184. The summed E-state index contributed by atoms with van der Waals surface area (Å²) < 4.78 is 11.3. The predicted molar refractivity (Wildman–Crippen MR) is 105 cm³/mol. The number of nitrogens with one attached hydrogen (secondary N) is 1. The second-order valence-corrected chi connectivity index (χ2v) is 7.50. The zero-order chi connectivity index (χ0) is 19.8. The molecule has 1 fully saturated rings. The molecule has 1 atom stereocenters. The second kappa shape index (κ2) is 10.2. The number of benzene rings is 1. The molecule has 150 valence electrons.